The molecule has 8 rings (SSSR count). The number of rotatable bonds is 2. The van der Waals surface area contributed by atoms with Crippen molar-refractivity contribution < 1.29 is 0 Å². The molecule has 0 saturated carbocycles. The maximum absolute atomic E-state index is 2.46. The molecule has 0 fully saturated rings. The molecule has 0 aliphatic carbocycles. The highest BCUT2D eigenvalue weighted by atomic mass is 32.2. The predicted octanol–water partition coefficient (Wildman–Crippen LogP) is 11.7. The number of hydrogen-bond donors (Lipinski definition) is 0. The molecular formula is C38H30N2S2. The number of nitrogens with zero attached hydrogens (tertiary/aromatic N) is 2. The van der Waals surface area contributed by atoms with Gasteiger partial charge in [-0.25, -0.2) is 0 Å². The van der Waals surface area contributed by atoms with Crippen LogP contribution in [-0.2, 0) is 0 Å². The Labute approximate surface area is 255 Å². The minimum atomic E-state index is 1.20. The molecule has 2 heterocycles. The van der Waals surface area contributed by atoms with Crippen LogP contribution in [0, 0.1) is 0 Å². The average molecular weight is 579 g/mol. The number of anilines is 2. The van der Waals surface area contributed by atoms with E-state index in [2.05, 4.69) is 147 Å². The summed E-state index contributed by atoms with van der Waals surface area (Å²) in [6.45, 7) is 8.98. The third-order valence-corrected chi connectivity index (χ3v) is 11.2. The quantitative estimate of drug-likeness (QED) is 0.188. The van der Waals surface area contributed by atoms with Crippen molar-refractivity contribution in [1.29, 1.82) is 0 Å². The van der Waals surface area contributed by atoms with E-state index in [4.69, 9.17) is 0 Å². The fourth-order valence-electron chi connectivity index (χ4n) is 6.33. The van der Waals surface area contributed by atoms with E-state index in [1.54, 1.807) is 0 Å². The lowest BCUT2D eigenvalue weighted by Crippen LogP contribution is -2.22. The van der Waals surface area contributed by atoms with Gasteiger partial charge in [-0.2, -0.15) is 0 Å². The van der Waals surface area contributed by atoms with Crippen LogP contribution < -0.4 is 9.80 Å². The van der Waals surface area contributed by atoms with Crippen LogP contribution in [0.3, 0.4) is 0 Å². The van der Waals surface area contributed by atoms with E-state index in [9.17, 15) is 0 Å². The smallest absolute Gasteiger partial charge is 0.116 e. The summed E-state index contributed by atoms with van der Waals surface area (Å²) in [6.07, 6.45) is 0. The minimum Gasteiger partial charge on any atom is -0.306 e. The predicted molar refractivity (Wildman–Crippen MR) is 187 cm³/mol. The largest absolute Gasteiger partial charge is 0.306 e. The first-order valence-corrected chi connectivity index (χ1v) is 16.0. The first kappa shape index (κ1) is 25.6. The van der Waals surface area contributed by atoms with Gasteiger partial charge >= 0.3 is 0 Å². The third-order valence-electron chi connectivity index (χ3n) is 8.75. The fraction of sp³-hybridized carbons (Fsp3) is 0.105. The van der Waals surface area contributed by atoms with Crippen molar-refractivity contribution in [2.24, 2.45) is 0 Å². The summed E-state index contributed by atoms with van der Waals surface area (Å²) in [6, 6.07) is 40.2. The highest BCUT2D eigenvalue weighted by Gasteiger charge is 2.35. The van der Waals surface area contributed by atoms with Crippen molar-refractivity contribution in [3.8, 4) is 0 Å². The van der Waals surface area contributed by atoms with Gasteiger partial charge in [0.1, 0.15) is 10.1 Å². The molecule has 6 aromatic carbocycles. The van der Waals surface area contributed by atoms with E-state index < -0.39 is 0 Å². The average Bonchev–Trinajstić information content (AvgIpc) is 3.49. The molecule has 4 heteroatoms. The topological polar surface area (TPSA) is 6.48 Å². The van der Waals surface area contributed by atoms with Gasteiger partial charge in [0, 0.05) is 32.6 Å². The van der Waals surface area contributed by atoms with E-state index in [0.717, 1.165) is 0 Å². The van der Waals surface area contributed by atoms with Crippen molar-refractivity contribution in [2.45, 2.75) is 27.7 Å². The van der Waals surface area contributed by atoms with E-state index in [1.807, 2.05) is 23.5 Å². The molecule has 2 nitrogen and oxygen atoms in total. The highest BCUT2D eigenvalue weighted by Crippen LogP contribution is 2.53. The zero-order chi connectivity index (χ0) is 28.5. The molecule has 0 amide bonds. The summed E-state index contributed by atoms with van der Waals surface area (Å²) >= 11 is 3.77. The molecule has 2 aliphatic rings. The van der Waals surface area contributed by atoms with E-state index in [-0.39, 0.29) is 0 Å². The molecule has 0 bridgehead atoms. The Morgan fingerprint density at radius 1 is 0.405 bits per heavy atom. The molecule has 6 aromatic rings. The number of thioether (sulfide) groups is 2. The highest BCUT2D eigenvalue weighted by molar-refractivity contribution is 8.10. The first-order chi connectivity index (χ1) is 20.5. The maximum Gasteiger partial charge on any atom is 0.116 e. The summed E-state index contributed by atoms with van der Waals surface area (Å²) in [4.78, 5) is 7.60. The van der Waals surface area contributed by atoms with Crippen molar-refractivity contribution in [3.05, 3.63) is 140 Å². The molecule has 0 unspecified atom stereocenters. The Balaban J connectivity index is 1.27. The molecule has 0 N–H and O–H groups in total. The Morgan fingerprint density at radius 3 is 1.24 bits per heavy atom. The number of hydrogen-bond acceptors (Lipinski definition) is 4. The van der Waals surface area contributed by atoms with Crippen LogP contribution in [0.5, 0.6) is 0 Å². The van der Waals surface area contributed by atoms with Crippen LogP contribution in [0.15, 0.2) is 140 Å². The summed E-state index contributed by atoms with van der Waals surface area (Å²) in [7, 11) is 0. The molecule has 204 valence electrons. The second-order valence-electron chi connectivity index (χ2n) is 11.2. The van der Waals surface area contributed by atoms with Crippen molar-refractivity contribution in [1.82, 2.24) is 0 Å². The Kier molecular flexibility index (Phi) is 5.92. The Hall–Kier alpha value is -4.12. The SMILES string of the molecule is CC1=C(C)N(c2ccc3c(ccc4ccccc43)c2)/C(=C2\SC(C)=C(C)N2c2ccc3c(ccc4ccccc43)c2)S1. The lowest BCUT2D eigenvalue weighted by atomic mass is 10.0. The second kappa shape index (κ2) is 9.72. The van der Waals surface area contributed by atoms with Gasteiger partial charge in [0.15, 0.2) is 0 Å². The third kappa shape index (κ3) is 3.89. The van der Waals surface area contributed by atoms with Crippen LogP contribution in [0.4, 0.5) is 11.4 Å². The van der Waals surface area contributed by atoms with Gasteiger partial charge < -0.3 is 9.80 Å². The Morgan fingerprint density at radius 2 is 0.786 bits per heavy atom. The van der Waals surface area contributed by atoms with E-state index >= 15 is 0 Å². The number of benzene rings is 6. The monoisotopic (exact) mass is 578 g/mol. The van der Waals surface area contributed by atoms with Crippen LogP contribution in [0.2, 0.25) is 0 Å². The van der Waals surface area contributed by atoms with Crippen LogP contribution in [0.25, 0.3) is 43.1 Å². The summed E-state index contributed by atoms with van der Waals surface area (Å²) in [5.74, 6) is 0. The van der Waals surface area contributed by atoms with Gasteiger partial charge in [-0.15, -0.1) is 0 Å². The summed E-state index contributed by atoms with van der Waals surface area (Å²) in [5.41, 5.74) is 4.98. The number of fused-ring (bicyclic) bond motifs is 6. The molecule has 2 aliphatic heterocycles. The summed E-state index contributed by atoms with van der Waals surface area (Å²) in [5, 5.41) is 12.8. The van der Waals surface area contributed by atoms with Crippen molar-refractivity contribution in [2.75, 3.05) is 9.80 Å². The normalized spacial score (nSPS) is 17.7. The molecule has 0 saturated heterocycles. The van der Waals surface area contributed by atoms with Crippen molar-refractivity contribution in [3.63, 3.8) is 0 Å². The van der Waals surface area contributed by atoms with Crippen LogP contribution in [0.1, 0.15) is 27.7 Å². The molecule has 42 heavy (non-hydrogen) atoms. The van der Waals surface area contributed by atoms with Gasteiger partial charge in [-0.1, -0.05) is 108 Å². The molecule has 0 atom stereocenters. The molecule has 0 aromatic heterocycles. The number of allylic oxidation sites excluding steroid dienone is 4. The van der Waals surface area contributed by atoms with Gasteiger partial charge in [0.2, 0.25) is 0 Å². The lowest BCUT2D eigenvalue weighted by molar-refractivity contribution is 1.09. The molecule has 0 spiro atoms. The molecular weight excluding hydrogens is 549 g/mol. The van der Waals surface area contributed by atoms with E-state index in [0.29, 0.717) is 0 Å². The van der Waals surface area contributed by atoms with Gasteiger partial charge in [0.05, 0.1) is 0 Å². The minimum absolute atomic E-state index is 1.20. The van der Waals surface area contributed by atoms with Gasteiger partial charge in [0.25, 0.3) is 0 Å². The zero-order valence-electron chi connectivity index (χ0n) is 24.1. The van der Waals surface area contributed by atoms with Gasteiger partial charge in [-0.3, -0.25) is 0 Å². The van der Waals surface area contributed by atoms with Gasteiger partial charge in [-0.05, 0) is 95.1 Å². The first-order valence-electron chi connectivity index (χ1n) is 14.4. The van der Waals surface area contributed by atoms with Crippen LogP contribution in [-0.4, -0.2) is 0 Å². The fourth-order valence-corrected chi connectivity index (χ4v) is 8.66. The van der Waals surface area contributed by atoms with Crippen molar-refractivity contribution >= 4 is 78.0 Å². The standard InChI is InChI=1S/C38H30N2S2/c1-23-25(3)41-37(39(23)31-17-19-35-29(21-31)15-13-27-9-5-7-11-33(27)35)38-40(24(2)26(4)42-38)32-18-20-36-30(22-32)16-14-28-10-6-8-12-34(28)36/h5-22H,1-4H3/b38-37+. The maximum atomic E-state index is 2.46. The van der Waals surface area contributed by atoms with E-state index in [1.165, 1.54) is 85.7 Å². The summed E-state index contributed by atoms with van der Waals surface area (Å²) < 4.78 is 0. The van der Waals surface area contributed by atoms with Crippen LogP contribution >= 0.6 is 23.5 Å². The zero-order valence-corrected chi connectivity index (χ0v) is 25.7. The Bertz CT molecular complexity index is 2050. The molecule has 0 radical (unpaired) electrons. The lowest BCUT2D eigenvalue weighted by Gasteiger charge is -2.28. The second-order valence-corrected chi connectivity index (χ2v) is 13.6.